The lowest BCUT2D eigenvalue weighted by atomic mass is 10.1. The maximum absolute atomic E-state index is 4.54. The number of pyridine rings is 1. The van der Waals surface area contributed by atoms with Crippen molar-refractivity contribution < 1.29 is 0 Å². The van der Waals surface area contributed by atoms with E-state index in [1.54, 1.807) is 0 Å². The van der Waals surface area contributed by atoms with Crippen molar-refractivity contribution in [3.63, 3.8) is 0 Å². The number of nitrogens with one attached hydrogen (secondary N) is 1. The van der Waals surface area contributed by atoms with Gasteiger partial charge in [0.25, 0.3) is 0 Å². The molecule has 4 heteroatoms. The second-order valence-corrected chi connectivity index (χ2v) is 5.34. The molecule has 0 saturated carbocycles. The molecule has 0 amide bonds. The van der Waals surface area contributed by atoms with E-state index in [-0.39, 0.29) is 0 Å². The van der Waals surface area contributed by atoms with Crippen molar-refractivity contribution in [2.45, 2.75) is 32.7 Å². The van der Waals surface area contributed by atoms with Crippen LogP contribution in [0.15, 0.2) is 16.7 Å². The Morgan fingerprint density at radius 1 is 1.59 bits per heavy atom. The molecule has 0 aliphatic carbocycles. The molecule has 1 unspecified atom stereocenters. The summed E-state index contributed by atoms with van der Waals surface area (Å²) in [6.07, 6.45) is 4.40. The minimum atomic E-state index is 0.569. The molecule has 1 aromatic heterocycles. The first-order chi connectivity index (χ1) is 8.24. The van der Waals surface area contributed by atoms with Crippen LogP contribution in [0.1, 0.15) is 25.3 Å². The summed E-state index contributed by atoms with van der Waals surface area (Å²) in [4.78, 5) is 6.94. The molecule has 3 nitrogen and oxygen atoms in total. The molecular formula is C13H20BrN3. The van der Waals surface area contributed by atoms with Gasteiger partial charge in [-0.05, 0) is 60.8 Å². The molecule has 0 bridgehead atoms. The zero-order valence-corrected chi connectivity index (χ0v) is 12.1. The molecule has 0 spiro atoms. The van der Waals surface area contributed by atoms with Crippen LogP contribution in [0.2, 0.25) is 0 Å². The molecule has 0 aromatic carbocycles. The molecule has 1 aliphatic heterocycles. The van der Waals surface area contributed by atoms with Crippen molar-refractivity contribution >= 4 is 21.7 Å². The van der Waals surface area contributed by atoms with Crippen LogP contribution in [0, 0.1) is 6.92 Å². The summed E-state index contributed by atoms with van der Waals surface area (Å²) in [5.41, 5.74) is 1.25. The Labute approximate surface area is 112 Å². The number of hydrogen-bond donors (Lipinski definition) is 1. The molecule has 1 N–H and O–H groups in total. The van der Waals surface area contributed by atoms with E-state index in [0.29, 0.717) is 6.04 Å². The normalized spacial score (nSPS) is 20.3. The van der Waals surface area contributed by atoms with Crippen LogP contribution in [-0.4, -0.2) is 30.7 Å². The number of anilines is 1. The fourth-order valence-electron chi connectivity index (χ4n) is 2.41. The Morgan fingerprint density at radius 3 is 3.06 bits per heavy atom. The van der Waals surface area contributed by atoms with Gasteiger partial charge in [-0.25, -0.2) is 4.98 Å². The van der Waals surface area contributed by atoms with Gasteiger partial charge in [-0.3, -0.25) is 0 Å². The molecule has 1 saturated heterocycles. The number of nitrogens with zero attached hydrogens (tertiary/aromatic N) is 2. The Hall–Kier alpha value is -0.610. The summed E-state index contributed by atoms with van der Waals surface area (Å²) in [5, 5.41) is 3.47. The summed E-state index contributed by atoms with van der Waals surface area (Å²) in [6.45, 7) is 7.53. The van der Waals surface area contributed by atoms with Crippen LogP contribution in [-0.2, 0) is 0 Å². The van der Waals surface area contributed by atoms with Crippen LogP contribution >= 0.6 is 15.9 Å². The maximum atomic E-state index is 4.54. The predicted molar refractivity (Wildman–Crippen MR) is 75.6 cm³/mol. The molecule has 1 aliphatic rings. The van der Waals surface area contributed by atoms with Gasteiger partial charge in [-0.1, -0.05) is 0 Å². The maximum Gasteiger partial charge on any atom is 0.143 e. The summed E-state index contributed by atoms with van der Waals surface area (Å²) in [6, 6.07) is 2.61. The van der Waals surface area contributed by atoms with Crippen LogP contribution in [0.5, 0.6) is 0 Å². The third-order valence-electron chi connectivity index (χ3n) is 3.39. The molecule has 17 heavy (non-hydrogen) atoms. The topological polar surface area (TPSA) is 28.2 Å². The van der Waals surface area contributed by atoms with Gasteiger partial charge in [0.2, 0.25) is 0 Å². The second kappa shape index (κ2) is 5.83. The summed E-state index contributed by atoms with van der Waals surface area (Å²) in [5.74, 6) is 1.08. The first-order valence-corrected chi connectivity index (χ1v) is 7.11. The van der Waals surface area contributed by atoms with E-state index in [2.05, 4.69) is 45.0 Å². The van der Waals surface area contributed by atoms with Gasteiger partial charge in [-0.2, -0.15) is 0 Å². The van der Waals surface area contributed by atoms with E-state index in [4.69, 9.17) is 0 Å². The van der Waals surface area contributed by atoms with Crippen molar-refractivity contribution in [3.05, 3.63) is 22.3 Å². The van der Waals surface area contributed by atoms with Crippen molar-refractivity contribution in [2.24, 2.45) is 0 Å². The third-order valence-corrected chi connectivity index (χ3v) is 4.37. The molecule has 1 fully saturated rings. The lowest BCUT2D eigenvalue weighted by Crippen LogP contribution is -2.46. The van der Waals surface area contributed by atoms with Gasteiger partial charge in [0.05, 0.1) is 4.47 Å². The summed E-state index contributed by atoms with van der Waals surface area (Å²) >= 11 is 3.66. The Bertz CT molecular complexity index is 375. The molecule has 1 aromatic rings. The van der Waals surface area contributed by atoms with Gasteiger partial charge in [0, 0.05) is 25.3 Å². The van der Waals surface area contributed by atoms with Crippen molar-refractivity contribution in [2.75, 3.05) is 24.5 Å². The van der Waals surface area contributed by atoms with E-state index >= 15 is 0 Å². The number of aromatic nitrogens is 1. The fraction of sp³-hybridized carbons (Fsp3) is 0.615. The highest BCUT2D eigenvalue weighted by molar-refractivity contribution is 9.10. The number of hydrogen-bond acceptors (Lipinski definition) is 3. The fourth-order valence-corrected chi connectivity index (χ4v) is 2.87. The number of aryl methyl sites for hydroxylation is 1. The van der Waals surface area contributed by atoms with Gasteiger partial charge in [0.15, 0.2) is 0 Å². The highest BCUT2D eigenvalue weighted by Gasteiger charge is 2.22. The quantitative estimate of drug-likeness (QED) is 0.930. The van der Waals surface area contributed by atoms with Crippen LogP contribution in [0.3, 0.4) is 0 Å². The second-order valence-electron chi connectivity index (χ2n) is 4.55. The van der Waals surface area contributed by atoms with Crippen molar-refractivity contribution in [1.29, 1.82) is 0 Å². The SMILES string of the molecule is CCN(c1nccc(C)c1Br)C1CCCNC1. The minimum Gasteiger partial charge on any atom is -0.352 e. The number of halogens is 1. The first kappa shape index (κ1) is 12.8. The smallest absolute Gasteiger partial charge is 0.143 e. The Kier molecular flexibility index (Phi) is 4.40. The van der Waals surface area contributed by atoms with Gasteiger partial charge in [0.1, 0.15) is 5.82 Å². The highest BCUT2D eigenvalue weighted by atomic mass is 79.9. The standard InChI is InChI=1S/C13H20BrN3/c1-3-17(11-5-4-7-15-9-11)13-12(14)10(2)6-8-16-13/h6,8,11,15H,3-5,7,9H2,1-2H3. The first-order valence-electron chi connectivity index (χ1n) is 6.32. The Balaban J connectivity index is 2.24. The van der Waals surface area contributed by atoms with Crippen LogP contribution < -0.4 is 10.2 Å². The minimum absolute atomic E-state index is 0.569. The lowest BCUT2D eigenvalue weighted by Gasteiger charge is -2.35. The van der Waals surface area contributed by atoms with Crippen LogP contribution in [0.25, 0.3) is 0 Å². The van der Waals surface area contributed by atoms with Gasteiger partial charge >= 0.3 is 0 Å². The molecule has 94 valence electrons. The predicted octanol–water partition coefficient (Wildman–Crippen LogP) is 2.73. The zero-order valence-electron chi connectivity index (χ0n) is 10.5. The monoisotopic (exact) mass is 297 g/mol. The van der Waals surface area contributed by atoms with E-state index in [1.807, 2.05) is 12.3 Å². The Morgan fingerprint density at radius 2 is 2.41 bits per heavy atom. The molecular weight excluding hydrogens is 278 g/mol. The largest absolute Gasteiger partial charge is 0.352 e. The lowest BCUT2D eigenvalue weighted by molar-refractivity contribution is 0.433. The highest BCUT2D eigenvalue weighted by Crippen LogP contribution is 2.29. The zero-order chi connectivity index (χ0) is 12.3. The molecule has 2 rings (SSSR count). The van der Waals surface area contributed by atoms with Crippen molar-refractivity contribution in [3.8, 4) is 0 Å². The van der Waals surface area contributed by atoms with E-state index in [0.717, 1.165) is 29.9 Å². The molecule has 2 heterocycles. The van der Waals surface area contributed by atoms with E-state index < -0.39 is 0 Å². The van der Waals surface area contributed by atoms with E-state index in [1.165, 1.54) is 18.4 Å². The summed E-state index contributed by atoms with van der Waals surface area (Å²) < 4.78 is 1.13. The number of rotatable bonds is 3. The number of piperidine rings is 1. The summed E-state index contributed by atoms with van der Waals surface area (Å²) in [7, 11) is 0. The van der Waals surface area contributed by atoms with Crippen LogP contribution in [0.4, 0.5) is 5.82 Å². The average Bonchev–Trinajstić information content (AvgIpc) is 2.37. The van der Waals surface area contributed by atoms with E-state index in [9.17, 15) is 0 Å². The number of likely N-dealkylation sites (N-methyl/N-ethyl adjacent to an activating group) is 1. The molecule has 1 atom stereocenters. The van der Waals surface area contributed by atoms with Gasteiger partial charge < -0.3 is 10.2 Å². The average molecular weight is 298 g/mol. The molecule has 0 radical (unpaired) electrons. The third kappa shape index (κ3) is 2.80. The van der Waals surface area contributed by atoms with Crippen molar-refractivity contribution in [1.82, 2.24) is 10.3 Å². The van der Waals surface area contributed by atoms with Gasteiger partial charge in [-0.15, -0.1) is 0 Å².